The summed E-state index contributed by atoms with van der Waals surface area (Å²) in [6, 6.07) is 0. The number of allylic oxidation sites excluding steroid dienone is 1. The van der Waals surface area contributed by atoms with Crippen molar-refractivity contribution in [3.05, 3.63) is 11.8 Å². The lowest BCUT2D eigenvalue weighted by Crippen LogP contribution is -2.32. The molecule has 2 nitrogen and oxygen atoms in total. The Bertz CT molecular complexity index is 426. The summed E-state index contributed by atoms with van der Waals surface area (Å²) in [4.78, 5) is 11.8. The van der Waals surface area contributed by atoms with E-state index in [1.165, 1.54) is 128 Å². The number of hydrogen-bond acceptors (Lipinski definition) is 2. The first-order chi connectivity index (χ1) is 14.8. The normalized spacial score (nSPS) is 17.3. The molecule has 1 aliphatic heterocycles. The van der Waals surface area contributed by atoms with Crippen molar-refractivity contribution in [1.82, 2.24) is 0 Å². The van der Waals surface area contributed by atoms with Crippen LogP contribution in [-0.2, 0) is 9.53 Å². The molecular formula is C28H52O2. The van der Waals surface area contributed by atoms with E-state index in [0.29, 0.717) is 0 Å². The molecular weight excluding hydrogens is 368 g/mol. The number of hydrogen-bond donors (Lipinski definition) is 0. The predicted molar refractivity (Wildman–Crippen MR) is 131 cm³/mol. The fraction of sp³-hybridized carbons (Fsp3) is 0.893. The van der Waals surface area contributed by atoms with Gasteiger partial charge in [-0.25, -0.2) is 0 Å². The van der Waals surface area contributed by atoms with Gasteiger partial charge in [0.15, 0.2) is 0 Å². The fourth-order valence-electron chi connectivity index (χ4n) is 4.47. The Morgan fingerprint density at radius 3 is 1.43 bits per heavy atom. The molecule has 176 valence electrons. The summed E-state index contributed by atoms with van der Waals surface area (Å²) in [5.41, 5.74) is 0. The standard InChI is InChI=1S/C28H52O2/c1-3-5-7-9-11-13-15-17-19-21-23-25-27-26(28(29)30-27)24-22-20-18-16-14-12-10-8-6-4-2/h25-26H,3-24H2,1-2H3/b27-25+. The second kappa shape index (κ2) is 20.1. The van der Waals surface area contributed by atoms with Gasteiger partial charge in [-0.05, 0) is 25.3 Å². The predicted octanol–water partition coefficient (Wildman–Crippen LogP) is 9.67. The molecule has 0 aromatic heterocycles. The molecule has 1 atom stereocenters. The van der Waals surface area contributed by atoms with Gasteiger partial charge in [-0.3, -0.25) is 4.79 Å². The highest BCUT2D eigenvalue weighted by Gasteiger charge is 2.36. The summed E-state index contributed by atoms with van der Waals surface area (Å²) in [5, 5.41) is 0. The first-order valence-electron chi connectivity index (χ1n) is 13.7. The second-order valence-electron chi connectivity index (χ2n) is 9.52. The van der Waals surface area contributed by atoms with Crippen molar-refractivity contribution in [3.63, 3.8) is 0 Å². The number of carbonyl (C=O) groups excluding carboxylic acids is 1. The number of esters is 1. The molecule has 0 radical (unpaired) electrons. The van der Waals surface area contributed by atoms with E-state index < -0.39 is 0 Å². The number of unbranched alkanes of at least 4 members (excludes halogenated alkanes) is 19. The van der Waals surface area contributed by atoms with Crippen LogP contribution in [0.1, 0.15) is 155 Å². The molecule has 1 aliphatic rings. The maximum atomic E-state index is 11.8. The van der Waals surface area contributed by atoms with Gasteiger partial charge in [0.2, 0.25) is 0 Å². The van der Waals surface area contributed by atoms with E-state index >= 15 is 0 Å². The third-order valence-corrected chi connectivity index (χ3v) is 6.60. The zero-order valence-corrected chi connectivity index (χ0v) is 20.5. The minimum Gasteiger partial charge on any atom is -0.430 e. The first kappa shape index (κ1) is 27.2. The average Bonchev–Trinajstić information content (AvgIpc) is 2.75. The van der Waals surface area contributed by atoms with Gasteiger partial charge >= 0.3 is 5.97 Å². The number of ether oxygens (including phenoxy) is 1. The van der Waals surface area contributed by atoms with E-state index in [9.17, 15) is 4.79 Å². The van der Waals surface area contributed by atoms with Crippen LogP contribution in [0.15, 0.2) is 11.8 Å². The van der Waals surface area contributed by atoms with Crippen LogP contribution in [-0.4, -0.2) is 5.97 Å². The summed E-state index contributed by atoms with van der Waals surface area (Å²) in [5.74, 6) is 1.08. The average molecular weight is 421 g/mol. The van der Waals surface area contributed by atoms with Crippen molar-refractivity contribution in [1.29, 1.82) is 0 Å². The van der Waals surface area contributed by atoms with Crippen molar-refractivity contribution in [2.24, 2.45) is 5.92 Å². The van der Waals surface area contributed by atoms with E-state index in [1.54, 1.807) is 0 Å². The van der Waals surface area contributed by atoms with Crippen LogP contribution in [0.2, 0.25) is 0 Å². The molecule has 0 saturated carbocycles. The van der Waals surface area contributed by atoms with Crippen molar-refractivity contribution in [2.75, 3.05) is 0 Å². The van der Waals surface area contributed by atoms with Gasteiger partial charge in [-0.2, -0.15) is 0 Å². The highest BCUT2D eigenvalue weighted by Crippen LogP contribution is 2.32. The van der Waals surface area contributed by atoms with E-state index in [0.717, 1.165) is 18.6 Å². The molecule has 30 heavy (non-hydrogen) atoms. The van der Waals surface area contributed by atoms with E-state index in [-0.39, 0.29) is 11.9 Å². The minimum atomic E-state index is 0.0141. The van der Waals surface area contributed by atoms with Gasteiger partial charge < -0.3 is 4.74 Å². The van der Waals surface area contributed by atoms with Crippen LogP contribution in [0, 0.1) is 5.92 Å². The van der Waals surface area contributed by atoms with Crippen molar-refractivity contribution in [3.8, 4) is 0 Å². The maximum Gasteiger partial charge on any atom is 0.321 e. The Morgan fingerprint density at radius 1 is 0.600 bits per heavy atom. The Morgan fingerprint density at radius 2 is 1.00 bits per heavy atom. The highest BCUT2D eigenvalue weighted by molar-refractivity contribution is 5.82. The van der Waals surface area contributed by atoms with Crippen LogP contribution in [0.3, 0.4) is 0 Å². The minimum absolute atomic E-state index is 0.0141. The van der Waals surface area contributed by atoms with Crippen LogP contribution in [0.25, 0.3) is 0 Å². The van der Waals surface area contributed by atoms with Gasteiger partial charge in [0.05, 0.1) is 0 Å². The molecule has 1 rings (SSSR count). The number of cyclic esters (lactones) is 1. The van der Waals surface area contributed by atoms with Crippen LogP contribution < -0.4 is 0 Å². The Hall–Kier alpha value is -0.790. The van der Waals surface area contributed by atoms with E-state index in [4.69, 9.17) is 4.74 Å². The van der Waals surface area contributed by atoms with Crippen molar-refractivity contribution >= 4 is 5.97 Å². The molecule has 0 aromatic rings. The molecule has 2 heteroatoms. The van der Waals surface area contributed by atoms with Gasteiger partial charge in [0.25, 0.3) is 0 Å². The molecule has 0 aliphatic carbocycles. The van der Waals surface area contributed by atoms with E-state index in [2.05, 4.69) is 19.9 Å². The SMILES string of the molecule is CCCCCCCCCCCC/C=C1/OC(=O)C1CCCCCCCCCCCC. The summed E-state index contributed by atoms with van der Waals surface area (Å²) in [6.07, 6.45) is 31.5. The second-order valence-corrected chi connectivity index (χ2v) is 9.52. The number of carbonyl (C=O) groups is 1. The maximum absolute atomic E-state index is 11.8. The molecule has 0 amide bonds. The van der Waals surface area contributed by atoms with Crippen molar-refractivity contribution in [2.45, 2.75) is 155 Å². The monoisotopic (exact) mass is 420 g/mol. The third-order valence-electron chi connectivity index (χ3n) is 6.60. The van der Waals surface area contributed by atoms with E-state index in [1.807, 2.05) is 0 Å². The fourth-order valence-corrected chi connectivity index (χ4v) is 4.47. The third kappa shape index (κ3) is 14.3. The summed E-state index contributed by atoms with van der Waals surface area (Å²) in [7, 11) is 0. The zero-order chi connectivity index (χ0) is 21.7. The Labute approximate surface area is 188 Å². The van der Waals surface area contributed by atoms with Gasteiger partial charge in [0.1, 0.15) is 11.7 Å². The quantitative estimate of drug-likeness (QED) is 0.129. The molecule has 0 N–H and O–H groups in total. The zero-order valence-electron chi connectivity index (χ0n) is 20.5. The molecule has 0 spiro atoms. The highest BCUT2D eigenvalue weighted by atomic mass is 16.6. The summed E-state index contributed by atoms with van der Waals surface area (Å²) >= 11 is 0. The van der Waals surface area contributed by atoms with Gasteiger partial charge in [0, 0.05) is 0 Å². The molecule has 1 heterocycles. The summed E-state index contributed by atoms with van der Waals surface area (Å²) < 4.78 is 5.31. The lowest BCUT2D eigenvalue weighted by atomic mass is 9.93. The summed E-state index contributed by atoms with van der Waals surface area (Å²) in [6.45, 7) is 4.55. The topological polar surface area (TPSA) is 26.3 Å². The van der Waals surface area contributed by atoms with Crippen LogP contribution in [0.4, 0.5) is 0 Å². The van der Waals surface area contributed by atoms with Crippen LogP contribution >= 0.6 is 0 Å². The molecule has 1 unspecified atom stereocenters. The Kier molecular flexibility index (Phi) is 18.3. The lowest BCUT2D eigenvalue weighted by Gasteiger charge is -2.28. The van der Waals surface area contributed by atoms with Crippen molar-refractivity contribution < 1.29 is 9.53 Å². The van der Waals surface area contributed by atoms with Crippen LogP contribution in [0.5, 0.6) is 0 Å². The van der Waals surface area contributed by atoms with Gasteiger partial charge in [-0.1, -0.05) is 136 Å². The smallest absolute Gasteiger partial charge is 0.321 e. The molecule has 0 bridgehead atoms. The molecule has 1 saturated heterocycles. The Balaban J connectivity index is 1.92. The lowest BCUT2D eigenvalue weighted by molar-refractivity contribution is -0.157. The molecule has 1 fully saturated rings. The largest absolute Gasteiger partial charge is 0.430 e. The van der Waals surface area contributed by atoms with Gasteiger partial charge in [-0.15, -0.1) is 0 Å². The number of rotatable bonds is 22. The molecule has 0 aromatic carbocycles. The first-order valence-corrected chi connectivity index (χ1v) is 13.7.